The summed E-state index contributed by atoms with van der Waals surface area (Å²) in [6.45, 7) is 9.38. The largest absolute Gasteiger partial charge is 0.481 e. The van der Waals surface area contributed by atoms with Crippen molar-refractivity contribution < 1.29 is 30.0 Å². The molecule has 2 aliphatic rings. The van der Waals surface area contributed by atoms with E-state index in [1.54, 1.807) is 12.1 Å². The predicted molar refractivity (Wildman–Crippen MR) is 171 cm³/mol. The standard InChI is InChI=1S/C34H36N4O6/c1-5-19-17(3)25-11-28-20(6-2)23(15-39)31(37-28)12-26-18(4)21(7-9-33(41)42)29(36-26)14-30-22(8-10-34(43)44)24(16-40)32(38-30)13-27(19)35-25/h5,11-14,35,37,39-40H,1,6-10,15-16H2,2-4H3,(H,41,42)(H,43,44). The normalized spacial score (nSPS) is 13.1. The molecule has 2 aliphatic heterocycles. The Bertz CT molecular complexity index is 1930. The number of aryl methyl sites for hydroxylation is 2. The van der Waals surface area contributed by atoms with E-state index in [1.165, 1.54) is 0 Å². The summed E-state index contributed by atoms with van der Waals surface area (Å²) in [6.07, 6.45) is 2.54. The van der Waals surface area contributed by atoms with E-state index in [0.29, 0.717) is 45.9 Å². The summed E-state index contributed by atoms with van der Waals surface area (Å²) in [7, 11) is 0. The zero-order valence-electron chi connectivity index (χ0n) is 25.0. The Morgan fingerprint density at radius 2 is 1.32 bits per heavy atom. The minimum absolute atomic E-state index is 0.101. The van der Waals surface area contributed by atoms with Gasteiger partial charge in [0.25, 0.3) is 0 Å². The highest BCUT2D eigenvalue weighted by Crippen LogP contribution is 2.38. The molecule has 0 aromatic carbocycles. The summed E-state index contributed by atoms with van der Waals surface area (Å²) in [5.41, 5.74) is 11.4. The van der Waals surface area contributed by atoms with Gasteiger partial charge in [0.2, 0.25) is 0 Å². The molecular weight excluding hydrogens is 560 g/mol. The van der Waals surface area contributed by atoms with Gasteiger partial charge in [-0.15, -0.1) is 0 Å². The molecule has 228 valence electrons. The first-order chi connectivity index (χ1) is 21.1. The van der Waals surface area contributed by atoms with Crippen LogP contribution in [0.4, 0.5) is 0 Å². The van der Waals surface area contributed by atoms with Gasteiger partial charge >= 0.3 is 11.9 Å². The van der Waals surface area contributed by atoms with Crippen molar-refractivity contribution >= 4 is 62.4 Å². The third kappa shape index (κ3) is 5.61. The Kier molecular flexibility index (Phi) is 8.66. The van der Waals surface area contributed by atoms with Crippen molar-refractivity contribution in [2.75, 3.05) is 6.61 Å². The van der Waals surface area contributed by atoms with Gasteiger partial charge in [0.15, 0.2) is 0 Å². The van der Waals surface area contributed by atoms with Crippen molar-refractivity contribution in [1.82, 2.24) is 19.9 Å². The number of nitrogens with zero attached hydrogens (tertiary/aromatic N) is 2. The van der Waals surface area contributed by atoms with Crippen LogP contribution >= 0.6 is 0 Å². The molecule has 5 rings (SSSR count). The van der Waals surface area contributed by atoms with Gasteiger partial charge in [-0.3, -0.25) is 9.59 Å². The lowest BCUT2D eigenvalue weighted by atomic mass is 9.98. The van der Waals surface area contributed by atoms with Crippen LogP contribution in [0.1, 0.15) is 84.6 Å². The molecule has 6 N–H and O–H groups in total. The summed E-state index contributed by atoms with van der Waals surface area (Å²) in [6, 6.07) is 7.45. The SMILES string of the molecule is C=Cc1c(C)c2cc3[nH]c(cc4nc(cc5nc(cc1[nH]2)C(CO)=C5CCC(=O)O)C(CCC(=O)O)=C4C)c(CO)c3CC. The fraction of sp³-hybridized carbons (Fsp3) is 0.294. The average Bonchev–Trinajstić information content (AvgIpc) is 3.67. The molecule has 8 bridgehead atoms. The molecule has 10 heteroatoms. The van der Waals surface area contributed by atoms with Crippen molar-refractivity contribution in [3.05, 3.63) is 75.9 Å². The summed E-state index contributed by atoms with van der Waals surface area (Å²) >= 11 is 0. The van der Waals surface area contributed by atoms with Gasteiger partial charge in [-0.05, 0) is 85.2 Å². The van der Waals surface area contributed by atoms with Crippen LogP contribution in [0.15, 0.2) is 30.8 Å². The molecule has 0 amide bonds. The highest BCUT2D eigenvalue weighted by atomic mass is 16.4. The zero-order chi connectivity index (χ0) is 31.7. The third-order valence-electron chi connectivity index (χ3n) is 8.44. The van der Waals surface area contributed by atoms with Crippen molar-refractivity contribution in [1.29, 1.82) is 0 Å². The van der Waals surface area contributed by atoms with Crippen LogP contribution in [0.25, 0.3) is 50.4 Å². The molecule has 0 atom stereocenters. The number of carboxylic acids is 2. The van der Waals surface area contributed by atoms with Gasteiger partial charge in [0, 0.05) is 51.6 Å². The molecule has 0 fully saturated rings. The maximum Gasteiger partial charge on any atom is 0.303 e. The number of hydrogen-bond acceptors (Lipinski definition) is 6. The van der Waals surface area contributed by atoms with Crippen molar-refractivity contribution in [2.24, 2.45) is 0 Å². The third-order valence-corrected chi connectivity index (χ3v) is 8.44. The van der Waals surface area contributed by atoms with E-state index < -0.39 is 11.9 Å². The number of rotatable bonds is 10. The first-order valence-corrected chi connectivity index (χ1v) is 14.6. The molecule has 0 aliphatic carbocycles. The van der Waals surface area contributed by atoms with Crippen molar-refractivity contribution in [3.8, 4) is 0 Å². The van der Waals surface area contributed by atoms with E-state index in [9.17, 15) is 30.0 Å². The Labute approximate surface area is 254 Å². The van der Waals surface area contributed by atoms with E-state index in [-0.39, 0.29) is 38.9 Å². The highest BCUT2D eigenvalue weighted by Gasteiger charge is 2.24. The van der Waals surface area contributed by atoms with Crippen LogP contribution in [-0.2, 0) is 22.6 Å². The molecule has 0 unspecified atom stereocenters. The van der Waals surface area contributed by atoms with Crippen LogP contribution < -0.4 is 0 Å². The Balaban J connectivity index is 1.96. The molecule has 10 nitrogen and oxygen atoms in total. The minimum atomic E-state index is -0.975. The lowest BCUT2D eigenvalue weighted by Crippen LogP contribution is -1.98. The first-order valence-electron chi connectivity index (χ1n) is 14.6. The number of aliphatic hydroxyl groups is 2. The van der Waals surface area contributed by atoms with E-state index >= 15 is 0 Å². The quantitative estimate of drug-likeness (QED) is 0.168. The predicted octanol–water partition coefficient (Wildman–Crippen LogP) is 5.88. The molecule has 3 aromatic heterocycles. The minimum Gasteiger partial charge on any atom is -0.481 e. The Hall–Kier alpha value is -4.80. The average molecular weight is 597 g/mol. The zero-order valence-corrected chi connectivity index (χ0v) is 25.0. The number of nitrogens with one attached hydrogen (secondary N) is 2. The van der Waals surface area contributed by atoms with Crippen molar-refractivity contribution in [3.63, 3.8) is 0 Å². The van der Waals surface area contributed by atoms with Gasteiger partial charge in [-0.25, -0.2) is 9.97 Å². The fourth-order valence-corrected chi connectivity index (χ4v) is 6.11. The van der Waals surface area contributed by atoms with Gasteiger partial charge < -0.3 is 30.4 Å². The van der Waals surface area contributed by atoms with Crippen LogP contribution in [0.2, 0.25) is 0 Å². The summed E-state index contributed by atoms with van der Waals surface area (Å²) in [5, 5.41) is 39.8. The number of aliphatic carboxylic acids is 2. The molecule has 0 saturated carbocycles. The number of fused-ring (bicyclic) bond motifs is 8. The van der Waals surface area contributed by atoms with Crippen LogP contribution in [0, 0.1) is 6.92 Å². The number of aromatic amines is 2. The Morgan fingerprint density at radius 3 is 1.93 bits per heavy atom. The van der Waals surface area contributed by atoms with Gasteiger partial charge in [-0.1, -0.05) is 19.6 Å². The van der Waals surface area contributed by atoms with Crippen LogP contribution in [0.3, 0.4) is 0 Å². The number of allylic oxidation sites excluding steroid dienone is 3. The van der Waals surface area contributed by atoms with Gasteiger partial charge in [-0.2, -0.15) is 0 Å². The number of carbonyl (C=O) groups is 2. The van der Waals surface area contributed by atoms with Crippen molar-refractivity contribution in [2.45, 2.75) is 59.5 Å². The molecule has 0 radical (unpaired) electrons. The molecular formula is C34H36N4O6. The summed E-state index contributed by atoms with van der Waals surface area (Å²) in [5.74, 6) is -1.91. The smallest absolute Gasteiger partial charge is 0.303 e. The monoisotopic (exact) mass is 596 g/mol. The second-order valence-corrected chi connectivity index (χ2v) is 11.0. The topological polar surface area (TPSA) is 172 Å². The number of carboxylic acid groups (broad SMARTS) is 2. The van der Waals surface area contributed by atoms with E-state index in [2.05, 4.69) is 16.5 Å². The van der Waals surface area contributed by atoms with E-state index in [4.69, 9.17) is 9.97 Å². The number of hydrogen-bond donors (Lipinski definition) is 6. The Morgan fingerprint density at radius 1 is 0.750 bits per heavy atom. The van der Waals surface area contributed by atoms with Gasteiger partial charge in [0.05, 0.1) is 36.0 Å². The van der Waals surface area contributed by atoms with Crippen LogP contribution in [-0.4, -0.2) is 58.9 Å². The number of aliphatic hydroxyl groups excluding tert-OH is 2. The first kappa shape index (κ1) is 30.7. The second-order valence-electron chi connectivity index (χ2n) is 11.0. The maximum absolute atomic E-state index is 11.6. The molecule has 0 saturated heterocycles. The lowest BCUT2D eigenvalue weighted by molar-refractivity contribution is -0.137. The van der Waals surface area contributed by atoms with E-state index in [1.807, 2.05) is 39.0 Å². The maximum atomic E-state index is 11.6. The highest BCUT2D eigenvalue weighted by molar-refractivity contribution is 5.97. The molecule has 3 aromatic rings. The summed E-state index contributed by atoms with van der Waals surface area (Å²) < 4.78 is 0. The fourth-order valence-electron chi connectivity index (χ4n) is 6.11. The number of aromatic nitrogens is 4. The van der Waals surface area contributed by atoms with E-state index in [0.717, 1.165) is 50.0 Å². The molecule has 0 spiro atoms. The lowest BCUT2D eigenvalue weighted by Gasteiger charge is -2.06. The van der Waals surface area contributed by atoms with Crippen LogP contribution in [0.5, 0.6) is 0 Å². The molecule has 44 heavy (non-hydrogen) atoms. The second kappa shape index (κ2) is 12.4. The molecule has 5 heterocycles. The van der Waals surface area contributed by atoms with Gasteiger partial charge in [0.1, 0.15) is 0 Å². The summed E-state index contributed by atoms with van der Waals surface area (Å²) in [4.78, 5) is 39.8. The number of H-pyrrole nitrogens is 2.